The summed E-state index contributed by atoms with van der Waals surface area (Å²) in [4.78, 5) is 40.5. The third-order valence-corrected chi connectivity index (χ3v) is 6.58. The number of hydrogen-bond acceptors (Lipinski definition) is 5. The largest absolute Gasteiger partial charge is 0.456 e. The Bertz CT molecular complexity index is 1290. The van der Waals surface area contributed by atoms with Crippen LogP contribution >= 0.6 is 15.9 Å². The normalized spacial score (nSPS) is 14.9. The van der Waals surface area contributed by atoms with Crippen LogP contribution in [0.4, 0.5) is 10.5 Å². The third kappa shape index (κ3) is 6.57. The van der Waals surface area contributed by atoms with Crippen molar-refractivity contribution in [1.29, 1.82) is 0 Å². The first-order valence-corrected chi connectivity index (χ1v) is 12.8. The smallest absolute Gasteiger partial charge is 0.411 e. The lowest BCUT2D eigenvalue weighted by Crippen LogP contribution is -2.45. The van der Waals surface area contributed by atoms with E-state index in [0.717, 1.165) is 21.2 Å². The maximum absolute atomic E-state index is 13.6. The predicted octanol–water partition coefficient (Wildman–Crippen LogP) is 6.28. The Labute approximate surface area is 224 Å². The second kappa shape index (κ2) is 11.2. The van der Waals surface area contributed by atoms with Crippen molar-refractivity contribution in [1.82, 2.24) is 4.90 Å². The highest BCUT2D eigenvalue weighted by Crippen LogP contribution is 2.35. The van der Waals surface area contributed by atoms with Crippen LogP contribution in [0, 0.1) is 0 Å². The number of esters is 1. The van der Waals surface area contributed by atoms with Gasteiger partial charge >= 0.3 is 12.1 Å². The average Bonchev–Trinajstić information content (AvgIpc) is 2.87. The first kappa shape index (κ1) is 26.4. The Kier molecular flexibility index (Phi) is 7.97. The van der Waals surface area contributed by atoms with Gasteiger partial charge in [-0.1, -0.05) is 58.4 Å². The molecule has 4 rings (SSSR count). The highest BCUT2D eigenvalue weighted by Gasteiger charge is 2.37. The van der Waals surface area contributed by atoms with Gasteiger partial charge in [-0.05, 0) is 74.2 Å². The third-order valence-electron chi connectivity index (χ3n) is 5.84. The van der Waals surface area contributed by atoms with E-state index in [1.165, 1.54) is 4.90 Å². The molecule has 0 aromatic heterocycles. The van der Waals surface area contributed by atoms with E-state index in [1.807, 2.05) is 48.5 Å². The molecule has 1 heterocycles. The van der Waals surface area contributed by atoms with Crippen LogP contribution in [0.5, 0.6) is 0 Å². The molecule has 192 valence electrons. The van der Waals surface area contributed by atoms with Crippen LogP contribution in [0.3, 0.4) is 0 Å². The SMILES string of the molecule is CC(C)(C)OC(=O)c1ccc(NC(=O)[C@@H]2c3cccc(Br)c3CCN2C(=O)OCc2ccccc2)cc1. The van der Waals surface area contributed by atoms with Crippen LogP contribution in [0.1, 0.15) is 53.9 Å². The minimum Gasteiger partial charge on any atom is -0.456 e. The van der Waals surface area contributed by atoms with Gasteiger partial charge in [-0.25, -0.2) is 9.59 Å². The number of carbonyl (C=O) groups excluding carboxylic acids is 3. The van der Waals surface area contributed by atoms with Crippen molar-refractivity contribution in [3.05, 3.63) is 99.5 Å². The van der Waals surface area contributed by atoms with Gasteiger partial charge in [0.05, 0.1) is 5.56 Å². The quantitative estimate of drug-likeness (QED) is 0.368. The first-order valence-electron chi connectivity index (χ1n) is 12.0. The van der Waals surface area contributed by atoms with Crippen molar-refractivity contribution in [2.45, 2.75) is 45.4 Å². The van der Waals surface area contributed by atoms with Gasteiger partial charge in [-0.2, -0.15) is 0 Å². The number of nitrogens with zero attached hydrogens (tertiary/aromatic N) is 1. The molecule has 0 bridgehead atoms. The molecule has 0 radical (unpaired) electrons. The van der Waals surface area contributed by atoms with Crippen LogP contribution in [0.2, 0.25) is 0 Å². The number of halogens is 1. The molecule has 3 aromatic rings. The van der Waals surface area contributed by atoms with Gasteiger partial charge in [-0.3, -0.25) is 9.69 Å². The van der Waals surface area contributed by atoms with Gasteiger partial charge in [0.25, 0.3) is 5.91 Å². The fourth-order valence-corrected chi connectivity index (χ4v) is 4.72. The van der Waals surface area contributed by atoms with E-state index in [0.29, 0.717) is 24.2 Å². The molecular formula is C29H29BrN2O5. The summed E-state index contributed by atoms with van der Waals surface area (Å²) in [6, 6.07) is 20.6. The van der Waals surface area contributed by atoms with Crippen LogP contribution in [0.15, 0.2) is 77.3 Å². The maximum Gasteiger partial charge on any atom is 0.411 e. The van der Waals surface area contributed by atoms with Gasteiger partial charge in [0.15, 0.2) is 0 Å². The standard InChI is InChI=1S/C29H29BrN2O5/c1-29(2,3)37-27(34)20-12-14-21(15-13-20)31-26(33)25-23-10-7-11-24(30)22(23)16-17-32(25)28(35)36-18-19-8-5-4-6-9-19/h4-15,25H,16-18H2,1-3H3,(H,31,33)/t25-/m0/s1. The number of hydrogen-bond donors (Lipinski definition) is 1. The first-order chi connectivity index (χ1) is 17.6. The lowest BCUT2D eigenvalue weighted by Gasteiger charge is -2.36. The molecule has 1 atom stereocenters. The minimum absolute atomic E-state index is 0.113. The summed E-state index contributed by atoms with van der Waals surface area (Å²) in [5.41, 5.74) is 2.85. The van der Waals surface area contributed by atoms with Gasteiger partial charge in [0.2, 0.25) is 0 Å². The number of nitrogens with one attached hydrogen (secondary N) is 1. The monoisotopic (exact) mass is 564 g/mol. The highest BCUT2D eigenvalue weighted by atomic mass is 79.9. The van der Waals surface area contributed by atoms with Gasteiger partial charge in [0.1, 0.15) is 18.2 Å². The van der Waals surface area contributed by atoms with Crippen molar-refractivity contribution in [3.63, 3.8) is 0 Å². The van der Waals surface area contributed by atoms with E-state index in [9.17, 15) is 14.4 Å². The summed E-state index contributed by atoms with van der Waals surface area (Å²) in [5.74, 6) is -0.815. The molecule has 0 fully saturated rings. The summed E-state index contributed by atoms with van der Waals surface area (Å²) in [5, 5.41) is 2.89. The summed E-state index contributed by atoms with van der Waals surface area (Å²) >= 11 is 3.58. The van der Waals surface area contributed by atoms with Crippen LogP contribution < -0.4 is 5.32 Å². The van der Waals surface area contributed by atoms with E-state index in [-0.39, 0.29) is 12.5 Å². The minimum atomic E-state index is -0.880. The Morgan fingerprint density at radius 3 is 2.35 bits per heavy atom. The lowest BCUT2D eigenvalue weighted by atomic mass is 9.92. The van der Waals surface area contributed by atoms with Gasteiger partial charge in [-0.15, -0.1) is 0 Å². The summed E-state index contributed by atoms with van der Waals surface area (Å²) < 4.78 is 11.9. The number of anilines is 1. The Balaban J connectivity index is 1.53. The van der Waals surface area contributed by atoms with Crippen LogP contribution in [0.25, 0.3) is 0 Å². The fourth-order valence-electron chi connectivity index (χ4n) is 4.14. The zero-order chi connectivity index (χ0) is 26.6. The molecule has 0 unspecified atom stereocenters. The number of rotatable bonds is 5. The Hall–Kier alpha value is -3.65. The molecule has 8 heteroatoms. The van der Waals surface area contributed by atoms with Crippen molar-refractivity contribution in [2.24, 2.45) is 0 Å². The molecule has 0 aliphatic carbocycles. The fraction of sp³-hybridized carbons (Fsp3) is 0.276. The molecule has 3 aromatic carbocycles. The summed E-state index contributed by atoms with van der Waals surface area (Å²) in [7, 11) is 0. The van der Waals surface area contributed by atoms with Crippen molar-refractivity contribution >= 4 is 39.6 Å². The van der Waals surface area contributed by atoms with Gasteiger partial charge < -0.3 is 14.8 Å². The van der Waals surface area contributed by atoms with E-state index in [4.69, 9.17) is 9.47 Å². The lowest BCUT2D eigenvalue weighted by molar-refractivity contribution is -0.121. The number of carbonyl (C=O) groups is 3. The van der Waals surface area contributed by atoms with Crippen molar-refractivity contribution < 1.29 is 23.9 Å². The van der Waals surface area contributed by atoms with Crippen molar-refractivity contribution in [2.75, 3.05) is 11.9 Å². The summed E-state index contributed by atoms with van der Waals surface area (Å²) in [6.07, 6.45) is 0.0286. The van der Waals surface area contributed by atoms with E-state index in [2.05, 4.69) is 21.2 Å². The predicted molar refractivity (Wildman–Crippen MR) is 144 cm³/mol. The molecule has 1 N–H and O–H groups in total. The summed E-state index contributed by atoms with van der Waals surface area (Å²) in [6.45, 7) is 5.85. The molecule has 1 aliphatic heterocycles. The molecule has 37 heavy (non-hydrogen) atoms. The number of benzene rings is 3. The van der Waals surface area contributed by atoms with E-state index >= 15 is 0 Å². The van der Waals surface area contributed by atoms with Crippen LogP contribution in [-0.4, -0.2) is 35.0 Å². The zero-order valence-electron chi connectivity index (χ0n) is 21.0. The second-order valence-electron chi connectivity index (χ2n) is 9.76. The number of amides is 2. The highest BCUT2D eigenvalue weighted by molar-refractivity contribution is 9.10. The Morgan fingerprint density at radius 1 is 0.973 bits per heavy atom. The molecular weight excluding hydrogens is 536 g/mol. The number of ether oxygens (including phenoxy) is 2. The number of fused-ring (bicyclic) bond motifs is 1. The molecule has 0 saturated heterocycles. The van der Waals surface area contributed by atoms with E-state index < -0.39 is 23.7 Å². The average molecular weight is 565 g/mol. The van der Waals surface area contributed by atoms with Crippen LogP contribution in [-0.2, 0) is 27.3 Å². The Morgan fingerprint density at radius 2 is 1.68 bits per heavy atom. The van der Waals surface area contributed by atoms with E-state index in [1.54, 1.807) is 45.0 Å². The molecule has 0 spiro atoms. The molecule has 7 nitrogen and oxygen atoms in total. The van der Waals surface area contributed by atoms with Gasteiger partial charge in [0, 0.05) is 16.7 Å². The van der Waals surface area contributed by atoms with Crippen molar-refractivity contribution in [3.8, 4) is 0 Å². The molecule has 0 saturated carbocycles. The molecule has 1 aliphatic rings. The maximum atomic E-state index is 13.6. The topological polar surface area (TPSA) is 84.9 Å². The second-order valence-corrected chi connectivity index (χ2v) is 10.6. The zero-order valence-corrected chi connectivity index (χ0v) is 22.6. The molecule has 2 amide bonds.